The second-order valence-electron chi connectivity index (χ2n) is 4.92. The average Bonchev–Trinajstić information content (AvgIpc) is 3.12. The summed E-state index contributed by atoms with van der Waals surface area (Å²) in [5.74, 6) is 0.898. The van der Waals surface area contributed by atoms with E-state index in [2.05, 4.69) is 10.3 Å². The van der Waals surface area contributed by atoms with Gasteiger partial charge in [0.1, 0.15) is 17.2 Å². The molecule has 6 heteroatoms. The Bertz CT molecular complexity index is 846. The number of rotatable bonds is 5. The molecule has 0 aliphatic heterocycles. The van der Waals surface area contributed by atoms with E-state index < -0.39 is 0 Å². The van der Waals surface area contributed by atoms with E-state index in [1.54, 1.807) is 37.9 Å². The first-order valence-corrected chi connectivity index (χ1v) is 8.13. The van der Waals surface area contributed by atoms with Crippen molar-refractivity contribution in [3.05, 3.63) is 59.7 Å². The molecule has 122 valence electrons. The molecule has 1 amide bonds. The molecule has 0 saturated heterocycles. The van der Waals surface area contributed by atoms with Gasteiger partial charge in [-0.3, -0.25) is 4.79 Å². The van der Waals surface area contributed by atoms with Crippen LogP contribution in [0.2, 0.25) is 0 Å². The molecule has 3 rings (SSSR count). The smallest absolute Gasteiger partial charge is 0.275 e. The van der Waals surface area contributed by atoms with Crippen LogP contribution in [0.25, 0.3) is 10.4 Å². The SMILES string of the molecule is COc1ccc(OC)c(NC(=O)c2ncsc2-c2ccccc2)c1. The molecule has 5 nitrogen and oxygen atoms in total. The van der Waals surface area contributed by atoms with Gasteiger partial charge in [0.15, 0.2) is 0 Å². The Kier molecular flexibility index (Phi) is 4.77. The summed E-state index contributed by atoms with van der Waals surface area (Å²) in [5.41, 5.74) is 3.55. The number of hydrogen-bond donors (Lipinski definition) is 1. The van der Waals surface area contributed by atoms with Crippen molar-refractivity contribution in [3.8, 4) is 21.9 Å². The predicted molar refractivity (Wildman–Crippen MR) is 95.0 cm³/mol. The van der Waals surface area contributed by atoms with Crippen molar-refractivity contribution < 1.29 is 14.3 Å². The van der Waals surface area contributed by atoms with Gasteiger partial charge in [-0.2, -0.15) is 0 Å². The van der Waals surface area contributed by atoms with E-state index in [0.717, 1.165) is 10.4 Å². The summed E-state index contributed by atoms with van der Waals surface area (Å²) in [4.78, 5) is 17.7. The van der Waals surface area contributed by atoms with Gasteiger partial charge in [-0.05, 0) is 17.7 Å². The Morgan fingerprint density at radius 1 is 1.08 bits per heavy atom. The van der Waals surface area contributed by atoms with Gasteiger partial charge in [-0.25, -0.2) is 4.98 Å². The zero-order chi connectivity index (χ0) is 16.9. The van der Waals surface area contributed by atoms with Gasteiger partial charge in [-0.15, -0.1) is 11.3 Å². The van der Waals surface area contributed by atoms with Gasteiger partial charge in [0.2, 0.25) is 0 Å². The van der Waals surface area contributed by atoms with Crippen molar-refractivity contribution in [2.75, 3.05) is 19.5 Å². The summed E-state index contributed by atoms with van der Waals surface area (Å²) in [6, 6.07) is 14.9. The van der Waals surface area contributed by atoms with Crippen molar-refractivity contribution in [1.29, 1.82) is 0 Å². The van der Waals surface area contributed by atoms with Crippen LogP contribution < -0.4 is 14.8 Å². The number of aromatic nitrogens is 1. The number of carbonyl (C=O) groups is 1. The molecule has 2 aromatic carbocycles. The molecule has 1 heterocycles. The van der Waals surface area contributed by atoms with E-state index >= 15 is 0 Å². The monoisotopic (exact) mass is 340 g/mol. The minimum atomic E-state index is -0.290. The van der Waals surface area contributed by atoms with E-state index in [1.165, 1.54) is 11.3 Å². The second kappa shape index (κ2) is 7.14. The molecule has 0 atom stereocenters. The maximum absolute atomic E-state index is 12.7. The van der Waals surface area contributed by atoms with Crippen molar-refractivity contribution in [3.63, 3.8) is 0 Å². The molecule has 1 aromatic heterocycles. The Morgan fingerprint density at radius 3 is 2.58 bits per heavy atom. The summed E-state index contributed by atoms with van der Waals surface area (Å²) in [6.07, 6.45) is 0. The van der Waals surface area contributed by atoms with Gasteiger partial charge in [0, 0.05) is 6.07 Å². The zero-order valence-electron chi connectivity index (χ0n) is 13.3. The topological polar surface area (TPSA) is 60.5 Å². The van der Waals surface area contributed by atoms with Crippen LogP contribution in [0.4, 0.5) is 5.69 Å². The second-order valence-corrected chi connectivity index (χ2v) is 5.77. The normalized spacial score (nSPS) is 10.2. The molecule has 0 aliphatic carbocycles. The Labute approximate surface area is 143 Å². The molecule has 1 N–H and O–H groups in total. The van der Waals surface area contributed by atoms with Crippen LogP contribution in [0.15, 0.2) is 54.0 Å². The summed E-state index contributed by atoms with van der Waals surface area (Å²) in [7, 11) is 3.12. The van der Waals surface area contributed by atoms with Crippen LogP contribution in [0.1, 0.15) is 10.5 Å². The van der Waals surface area contributed by atoms with Gasteiger partial charge in [0.25, 0.3) is 5.91 Å². The third-order valence-corrected chi connectivity index (χ3v) is 4.35. The lowest BCUT2D eigenvalue weighted by molar-refractivity contribution is 0.102. The highest BCUT2D eigenvalue weighted by Crippen LogP contribution is 2.31. The van der Waals surface area contributed by atoms with Crippen LogP contribution in [0.3, 0.4) is 0 Å². The van der Waals surface area contributed by atoms with E-state index in [0.29, 0.717) is 22.9 Å². The van der Waals surface area contributed by atoms with E-state index in [1.807, 2.05) is 30.3 Å². The molecule has 0 saturated carbocycles. The average molecular weight is 340 g/mol. The van der Waals surface area contributed by atoms with Gasteiger partial charge in [0.05, 0.1) is 30.3 Å². The fourth-order valence-electron chi connectivity index (χ4n) is 2.30. The first-order chi connectivity index (χ1) is 11.7. The summed E-state index contributed by atoms with van der Waals surface area (Å²) >= 11 is 1.43. The van der Waals surface area contributed by atoms with Crippen LogP contribution in [-0.4, -0.2) is 25.1 Å². The third-order valence-electron chi connectivity index (χ3n) is 3.47. The standard InChI is InChI=1S/C18H16N2O3S/c1-22-13-8-9-15(23-2)14(10-13)20-18(21)16-17(24-11-19-16)12-6-4-3-5-7-12/h3-11H,1-2H3,(H,20,21). The summed E-state index contributed by atoms with van der Waals surface area (Å²) < 4.78 is 10.5. The number of carbonyl (C=O) groups excluding carboxylic acids is 1. The van der Waals surface area contributed by atoms with Crippen molar-refractivity contribution in [2.45, 2.75) is 0 Å². The molecular weight excluding hydrogens is 324 g/mol. The maximum atomic E-state index is 12.7. The number of amides is 1. The summed E-state index contributed by atoms with van der Waals surface area (Å²) in [6.45, 7) is 0. The van der Waals surface area contributed by atoms with E-state index in [9.17, 15) is 4.79 Å². The van der Waals surface area contributed by atoms with Crippen molar-refractivity contribution >= 4 is 22.9 Å². The lowest BCUT2D eigenvalue weighted by Crippen LogP contribution is -2.14. The highest BCUT2D eigenvalue weighted by Gasteiger charge is 2.18. The minimum absolute atomic E-state index is 0.290. The molecule has 0 radical (unpaired) electrons. The van der Waals surface area contributed by atoms with Crippen LogP contribution in [0, 0.1) is 0 Å². The predicted octanol–water partition coefficient (Wildman–Crippen LogP) is 4.08. The Balaban J connectivity index is 1.91. The van der Waals surface area contributed by atoms with Gasteiger partial charge in [-0.1, -0.05) is 30.3 Å². The largest absolute Gasteiger partial charge is 0.497 e. The Morgan fingerprint density at radius 2 is 1.88 bits per heavy atom. The van der Waals surface area contributed by atoms with Crippen molar-refractivity contribution in [1.82, 2.24) is 4.98 Å². The number of nitrogens with one attached hydrogen (secondary N) is 1. The third kappa shape index (κ3) is 3.23. The molecule has 0 aliphatic rings. The quantitative estimate of drug-likeness (QED) is 0.760. The number of hydrogen-bond acceptors (Lipinski definition) is 5. The zero-order valence-corrected chi connectivity index (χ0v) is 14.1. The molecular formula is C18H16N2O3S. The number of ether oxygens (including phenoxy) is 2. The number of nitrogens with zero attached hydrogens (tertiary/aromatic N) is 1. The van der Waals surface area contributed by atoms with Crippen LogP contribution in [0.5, 0.6) is 11.5 Å². The molecule has 3 aromatic rings. The lowest BCUT2D eigenvalue weighted by atomic mass is 10.1. The number of benzene rings is 2. The highest BCUT2D eigenvalue weighted by atomic mass is 32.1. The van der Waals surface area contributed by atoms with Crippen LogP contribution in [-0.2, 0) is 0 Å². The minimum Gasteiger partial charge on any atom is -0.497 e. The lowest BCUT2D eigenvalue weighted by Gasteiger charge is -2.11. The van der Waals surface area contributed by atoms with Gasteiger partial charge < -0.3 is 14.8 Å². The highest BCUT2D eigenvalue weighted by molar-refractivity contribution is 7.13. The fourth-order valence-corrected chi connectivity index (χ4v) is 3.09. The maximum Gasteiger partial charge on any atom is 0.275 e. The van der Waals surface area contributed by atoms with E-state index in [-0.39, 0.29) is 5.91 Å². The van der Waals surface area contributed by atoms with Crippen LogP contribution >= 0.6 is 11.3 Å². The molecule has 0 unspecified atom stereocenters. The van der Waals surface area contributed by atoms with Crippen molar-refractivity contribution in [2.24, 2.45) is 0 Å². The first kappa shape index (κ1) is 16.0. The Hall–Kier alpha value is -2.86. The van der Waals surface area contributed by atoms with Gasteiger partial charge >= 0.3 is 0 Å². The molecule has 0 bridgehead atoms. The molecule has 0 fully saturated rings. The number of anilines is 1. The number of methoxy groups -OCH3 is 2. The number of thiazole rings is 1. The van der Waals surface area contributed by atoms with E-state index in [4.69, 9.17) is 9.47 Å². The molecule has 0 spiro atoms. The molecule has 24 heavy (non-hydrogen) atoms. The fraction of sp³-hybridized carbons (Fsp3) is 0.111. The summed E-state index contributed by atoms with van der Waals surface area (Å²) in [5, 5.41) is 2.85. The first-order valence-electron chi connectivity index (χ1n) is 7.25.